The minimum absolute atomic E-state index is 0.0458. The number of hydrogen-bond donors (Lipinski definition) is 1. The van der Waals surface area contributed by atoms with Gasteiger partial charge in [0.05, 0.1) is 18.0 Å². The molecule has 0 saturated heterocycles. The van der Waals surface area contributed by atoms with E-state index in [-0.39, 0.29) is 24.3 Å². The zero-order chi connectivity index (χ0) is 24.0. The van der Waals surface area contributed by atoms with Gasteiger partial charge in [-0.05, 0) is 17.7 Å². The fraction of sp³-hybridized carbons (Fsp3) is 0.217. The Morgan fingerprint density at radius 3 is 2.42 bits per heavy atom. The summed E-state index contributed by atoms with van der Waals surface area (Å²) < 4.78 is 7.00. The maximum absolute atomic E-state index is 12.7. The zero-order valence-corrected chi connectivity index (χ0v) is 19.4. The van der Waals surface area contributed by atoms with E-state index in [4.69, 9.17) is 22.1 Å². The first-order chi connectivity index (χ1) is 15.8. The van der Waals surface area contributed by atoms with Gasteiger partial charge in [-0.2, -0.15) is 0 Å². The highest BCUT2D eigenvalue weighted by Crippen LogP contribution is 2.26. The summed E-state index contributed by atoms with van der Waals surface area (Å²) in [6.45, 7) is -0.572. The molecule has 172 valence electrons. The Bertz CT molecular complexity index is 1290. The molecule has 0 saturated carbocycles. The van der Waals surface area contributed by atoms with E-state index in [9.17, 15) is 19.2 Å². The van der Waals surface area contributed by atoms with Crippen LogP contribution in [0.25, 0.3) is 0 Å². The number of rotatable bonds is 9. The van der Waals surface area contributed by atoms with E-state index in [1.54, 1.807) is 30.3 Å². The van der Waals surface area contributed by atoms with Gasteiger partial charge in [-0.15, -0.1) is 11.8 Å². The summed E-state index contributed by atoms with van der Waals surface area (Å²) in [6, 6.07) is 16.3. The van der Waals surface area contributed by atoms with Crippen LogP contribution in [0.4, 0.5) is 5.82 Å². The van der Waals surface area contributed by atoms with Crippen LogP contribution in [-0.4, -0.2) is 33.2 Å². The number of nitrogens with two attached hydrogens (primary N) is 1. The smallest absolute Gasteiger partial charge is 0.332 e. The van der Waals surface area contributed by atoms with Crippen LogP contribution in [0.15, 0.2) is 69.1 Å². The van der Waals surface area contributed by atoms with E-state index in [1.165, 1.54) is 18.8 Å². The number of ether oxygens (including phenoxy) is 1. The topological polar surface area (TPSA) is 113 Å². The van der Waals surface area contributed by atoms with Crippen molar-refractivity contribution in [2.45, 2.75) is 17.9 Å². The van der Waals surface area contributed by atoms with Crippen molar-refractivity contribution in [3.8, 4) is 0 Å². The Morgan fingerprint density at radius 1 is 1.06 bits per heavy atom. The van der Waals surface area contributed by atoms with Crippen molar-refractivity contribution in [1.82, 2.24) is 9.13 Å². The normalized spacial score (nSPS) is 10.7. The summed E-state index contributed by atoms with van der Waals surface area (Å²) in [5, 5.41) is 0.586. The number of benzene rings is 2. The van der Waals surface area contributed by atoms with E-state index in [2.05, 4.69) is 0 Å². The first kappa shape index (κ1) is 24.3. The first-order valence-electron chi connectivity index (χ1n) is 9.99. The fourth-order valence-corrected chi connectivity index (χ4v) is 4.23. The largest absolute Gasteiger partial charge is 0.457 e. The number of anilines is 1. The van der Waals surface area contributed by atoms with E-state index in [0.29, 0.717) is 10.8 Å². The SMILES string of the molecule is Cn1c(=O)c(C(=O)COC(=O)CCSc2ccccc2Cl)c(N)n(Cc2ccccc2)c1=O. The highest BCUT2D eigenvalue weighted by atomic mass is 35.5. The molecule has 0 atom stereocenters. The Labute approximate surface area is 198 Å². The van der Waals surface area contributed by atoms with Crippen LogP contribution < -0.4 is 17.0 Å². The molecule has 2 aromatic carbocycles. The predicted molar refractivity (Wildman–Crippen MR) is 128 cm³/mol. The average Bonchev–Trinajstić information content (AvgIpc) is 2.81. The quantitative estimate of drug-likeness (QED) is 0.280. The maximum Gasteiger partial charge on any atom is 0.332 e. The lowest BCUT2D eigenvalue weighted by Gasteiger charge is -2.14. The van der Waals surface area contributed by atoms with Gasteiger partial charge in [-0.25, -0.2) is 4.79 Å². The molecule has 1 aromatic heterocycles. The molecule has 0 bridgehead atoms. The first-order valence-corrected chi connectivity index (χ1v) is 11.3. The van der Waals surface area contributed by atoms with Crippen LogP contribution in [0.3, 0.4) is 0 Å². The number of nitrogen functional groups attached to an aromatic ring is 1. The second-order valence-electron chi connectivity index (χ2n) is 7.09. The van der Waals surface area contributed by atoms with E-state index >= 15 is 0 Å². The van der Waals surface area contributed by atoms with Crippen LogP contribution in [0.2, 0.25) is 5.02 Å². The highest BCUT2D eigenvalue weighted by molar-refractivity contribution is 7.99. The molecule has 8 nitrogen and oxygen atoms in total. The summed E-state index contributed by atoms with van der Waals surface area (Å²) in [5.74, 6) is -1.23. The molecule has 0 aliphatic rings. The van der Waals surface area contributed by atoms with Crippen molar-refractivity contribution in [1.29, 1.82) is 0 Å². The van der Waals surface area contributed by atoms with Crippen molar-refractivity contribution < 1.29 is 14.3 Å². The maximum atomic E-state index is 12.7. The molecular weight excluding hydrogens is 466 g/mol. The van der Waals surface area contributed by atoms with E-state index < -0.39 is 29.6 Å². The van der Waals surface area contributed by atoms with Crippen molar-refractivity contribution in [2.75, 3.05) is 18.1 Å². The van der Waals surface area contributed by atoms with Crippen LogP contribution in [0.5, 0.6) is 0 Å². The number of carbonyl (C=O) groups excluding carboxylic acids is 2. The van der Waals surface area contributed by atoms with Gasteiger partial charge in [0.1, 0.15) is 11.4 Å². The van der Waals surface area contributed by atoms with Crippen LogP contribution in [0, 0.1) is 0 Å². The Hall–Kier alpha value is -3.30. The van der Waals surface area contributed by atoms with Crippen molar-refractivity contribution in [3.05, 3.63) is 91.6 Å². The molecule has 0 fully saturated rings. The van der Waals surface area contributed by atoms with Gasteiger partial charge in [0.25, 0.3) is 5.56 Å². The van der Waals surface area contributed by atoms with E-state index in [1.807, 2.05) is 24.3 Å². The van der Waals surface area contributed by atoms with Crippen molar-refractivity contribution in [2.24, 2.45) is 7.05 Å². The summed E-state index contributed by atoms with van der Waals surface area (Å²) in [5.41, 5.74) is 4.94. The molecule has 10 heteroatoms. The monoisotopic (exact) mass is 487 g/mol. The number of esters is 1. The second kappa shape index (κ2) is 11.0. The second-order valence-corrected chi connectivity index (χ2v) is 8.64. The molecular formula is C23H22ClN3O5S. The predicted octanol–water partition coefficient (Wildman–Crippen LogP) is 2.74. The third-order valence-corrected chi connectivity index (χ3v) is 6.33. The van der Waals surface area contributed by atoms with Gasteiger partial charge in [-0.1, -0.05) is 54.1 Å². The molecule has 3 aromatic rings. The summed E-state index contributed by atoms with van der Waals surface area (Å²) in [6.07, 6.45) is 0.0458. The molecule has 0 amide bonds. The van der Waals surface area contributed by atoms with Crippen molar-refractivity contribution in [3.63, 3.8) is 0 Å². The number of nitrogens with zero attached hydrogens (tertiary/aromatic N) is 2. The number of Topliss-reactive ketones (excluding diaryl/α,β-unsaturated/α-hetero) is 1. The lowest BCUT2D eigenvalue weighted by atomic mass is 10.2. The highest BCUT2D eigenvalue weighted by Gasteiger charge is 2.22. The molecule has 2 N–H and O–H groups in total. The number of halogens is 1. The minimum Gasteiger partial charge on any atom is -0.457 e. The average molecular weight is 488 g/mol. The minimum atomic E-state index is -0.836. The van der Waals surface area contributed by atoms with Crippen LogP contribution in [0.1, 0.15) is 22.3 Å². The molecule has 3 rings (SSSR count). The number of thioether (sulfide) groups is 1. The molecule has 0 aliphatic heterocycles. The number of aromatic nitrogens is 2. The molecule has 0 radical (unpaired) electrons. The molecule has 0 unspecified atom stereocenters. The summed E-state index contributed by atoms with van der Waals surface area (Å²) >= 11 is 7.47. The van der Waals surface area contributed by atoms with Gasteiger partial charge in [-0.3, -0.25) is 23.5 Å². The Morgan fingerprint density at radius 2 is 1.73 bits per heavy atom. The summed E-state index contributed by atoms with van der Waals surface area (Å²) in [4.78, 5) is 50.7. The van der Waals surface area contributed by atoms with Gasteiger partial charge >= 0.3 is 11.7 Å². The van der Waals surface area contributed by atoms with Gasteiger partial charge < -0.3 is 10.5 Å². The van der Waals surface area contributed by atoms with Crippen molar-refractivity contribution >= 4 is 40.9 Å². The number of hydrogen-bond acceptors (Lipinski definition) is 7. The molecule has 33 heavy (non-hydrogen) atoms. The number of carbonyl (C=O) groups is 2. The van der Waals surface area contributed by atoms with Gasteiger partial charge in [0.2, 0.25) is 5.78 Å². The lowest BCUT2D eigenvalue weighted by molar-refractivity contribution is -0.141. The van der Waals surface area contributed by atoms with Crippen LogP contribution in [-0.2, 0) is 23.1 Å². The fourth-order valence-electron chi connectivity index (χ4n) is 3.06. The molecule has 0 aliphatic carbocycles. The van der Waals surface area contributed by atoms with E-state index in [0.717, 1.165) is 19.6 Å². The van der Waals surface area contributed by atoms with Gasteiger partial charge in [0, 0.05) is 17.7 Å². The Balaban J connectivity index is 1.68. The lowest BCUT2D eigenvalue weighted by Crippen LogP contribution is -2.43. The van der Waals surface area contributed by atoms with Crippen LogP contribution >= 0.6 is 23.4 Å². The molecule has 1 heterocycles. The third kappa shape index (κ3) is 5.94. The standard InChI is InChI=1S/C23H22ClN3O5S/c1-26-22(30)20(21(25)27(23(26)31)13-15-7-3-2-4-8-15)17(28)14-32-19(29)11-12-33-18-10-6-5-9-16(18)24/h2-10H,11-14,25H2,1H3. The van der Waals surface area contributed by atoms with Gasteiger partial charge in [0.15, 0.2) is 6.61 Å². The zero-order valence-electron chi connectivity index (χ0n) is 17.8. The Kier molecular flexibility index (Phi) is 8.13. The number of ketones is 1. The summed E-state index contributed by atoms with van der Waals surface area (Å²) in [7, 11) is 1.26. The molecule has 0 spiro atoms. The third-order valence-electron chi connectivity index (χ3n) is 4.81.